The van der Waals surface area contributed by atoms with Gasteiger partial charge < -0.3 is 9.84 Å². The van der Waals surface area contributed by atoms with Gasteiger partial charge >= 0.3 is 6.09 Å². The molecule has 0 fully saturated rings. The zero-order valence-corrected chi connectivity index (χ0v) is 17.8. The molecule has 0 heterocycles. The van der Waals surface area contributed by atoms with Crippen LogP contribution in [0.15, 0.2) is 16.6 Å². The Bertz CT molecular complexity index is 506. The number of rotatable bonds is 3. The Hall–Kier alpha value is -1.07. The molecule has 0 unspecified atom stereocenters. The van der Waals surface area contributed by atoms with Crippen molar-refractivity contribution in [2.45, 2.75) is 79.4 Å². The maximum Gasteiger partial charge on any atom is 0.409 e. The second-order valence-corrected chi connectivity index (χ2v) is 8.48. The molecule has 4 nitrogen and oxygen atoms in total. The van der Waals surface area contributed by atoms with Gasteiger partial charge in [-0.3, -0.25) is 5.32 Å². The molecule has 2 N–H and O–H groups in total. The molecule has 0 atom stereocenters. The minimum atomic E-state index is -1.01. The molecule has 5 heteroatoms. The summed E-state index contributed by atoms with van der Waals surface area (Å²) in [6.45, 7) is 16.4. The van der Waals surface area contributed by atoms with E-state index >= 15 is 0 Å². The molecule has 1 aromatic carbocycles. The lowest BCUT2D eigenvalue weighted by molar-refractivity contribution is -0.102. The molecule has 0 aliphatic carbocycles. The van der Waals surface area contributed by atoms with Gasteiger partial charge in [0.2, 0.25) is 0 Å². The van der Waals surface area contributed by atoms with Crippen LogP contribution in [0.4, 0.5) is 10.5 Å². The number of hydrogen-bond acceptors (Lipinski definition) is 2. The van der Waals surface area contributed by atoms with Crippen molar-refractivity contribution in [2.24, 2.45) is 0 Å². The van der Waals surface area contributed by atoms with Crippen molar-refractivity contribution in [3.05, 3.63) is 27.7 Å². The second kappa shape index (κ2) is 9.42. The molecular weight excluding hydrogens is 370 g/mol. The third-order valence-corrected chi connectivity index (χ3v) is 3.33. The Morgan fingerprint density at radius 2 is 1.42 bits per heavy atom. The molecule has 0 saturated carbocycles. The van der Waals surface area contributed by atoms with Crippen molar-refractivity contribution < 1.29 is 14.6 Å². The predicted octanol–water partition coefficient (Wildman–Crippen LogP) is 6.26. The van der Waals surface area contributed by atoms with Crippen LogP contribution < -0.4 is 5.32 Å². The molecule has 24 heavy (non-hydrogen) atoms. The average molecular weight is 402 g/mol. The van der Waals surface area contributed by atoms with Crippen molar-refractivity contribution in [1.29, 1.82) is 0 Å². The minimum absolute atomic E-state index is 0.0156. The van der Waals surface area contributed by atoms with Gasteiger partial charge in [-0.15, -0.1) is 0 Å². The van der Waals surface area contributed by atoms with Crippen molar-refractivity contribution in [3.8, 4) is 0 Å². The Balaban J connectivity index is 0.000000506. The third kappa shape index (κ3) is 9.93. The van der Waals surface area contributed by atoms with Gasteiger partial charge in [0, 0.05) is 4.47 Å². The molecule has 0 aliphatic rings. The normalized spacial score (nSPS) is 11.5. The van der Waals surface area contributed by atoms with Crippen LogP contribution in [0.5, 0.6) is 0 Å². The van der Waals surface area contributed by atoms with E-state index < -0.39 is 6.09 Å². The summed E-state index contributed by atoms with van der Waals surface area (Å²) >= 11 is 3.42. The summed E-state index contributed by atoms with van der Waals surface area (Å²) in [7, 11) is 0. The number of nitrogens with one attached hydrogen (secondary N) is 1. The topological polar surface area (TPSA) is 58.6 Å². The molecule has 1 amide bonds. The highest BCUT2D eigenvalue weighted by atomic mass is 79.9. The first-order valence-corrected chi connectivity index (χ1v) is 9.09. The summed E-state index contributed by atoms with van der Waals surface area (Å²) in [6, 6.07) is 3.90. The van der Waals surface area contributed by atoms with E-state index in [1.165, 1.54) is 0 Å². The van der Waals surface area contributed by atoms with E-state index in [0.717, 1.165) is 34.1 Å². The van der Waals surface area contributed by atoms with Gasteiger partial charge in [0.25, 0.3) is 0 Å². The van der Waals surface area contributed by atoms with Crippen LogP contribution in [0.2, 0.25) is 0 Å². The number of ether oxygens (including phenoxy) is 1. The first-order valence-electron chi connectivity index (χ1n) is 8.30. The molecule has 0 radical (unpaired) electrons. The van der Waals surface area contributed by atoms with Crippen LogP contribution in [-0.4, -0.2) is 22.4 Å². The average Bonchev–Trinajstić information content (AvgIpc) is 2.36. The van der Waals surface area contributed by atoms with Gasteiger partial charge in [0.1, 0.15) is 0 Å². The van der Waals surface area contributed by atoms with Crippen LogP contribution >= 0.6 is 15.9 Å². The summed E-state index contributed by atoms with van der Waals surface area (Å²) in [4.78, 5) is 10.7. The minimum Gasteiger partial charge on any atom is -0.465 e. The fourth-order valence-electron chi connectivity index (χ4n) is 2.47. The monoisotopic (exact) mass is 401 g/mol. The summed E-state index contributed by atoms with van der Waals surface area (Å²) in [6.07, 6.45) is 0.603. The molecule has 1 aromatic rings. The number of carboxylic acid groups (broad SMARTS) is 1. The quantitative estimate of drug-likeness (QED) is 0.627. The van der Waals surface area contributed by atoms with E-state index in [1.54, 1.807) is 0 Å². The standard InChI is InChI=1S/C11H14BrNO2.C8H18O/c1-3-7-5-9(12)6-8(4-2)10(7)13-11(14)15;1-7(2,3)9-8(4,5)6/h5-6,13H,3-4H2,1-2H3,(H,14,15);1-6H3. The van der Waals surface area contributed by atoms with Crippen molar-refractivity contribution in [1.82, 2.24) is 0 Å². The van der Waals surface area contributed by atoms with Gasteiger partial charge in [-0.05, 0) is 77.6 Å². The van der Waals surface area contributed by atoms with Gasteiger partial charge in [-0.25, -0.2) is 4.79 Å². The number of anilines is 1. The Morgan fingerprint density at radius 3 is 1.62 bits per heavy atom. The number of hydrogen-bond donors (Lipinski definition) is 2. The smallest absolute Gasteiger partial charge is 0.409 e. The lowest BCUT2D eigenvalue weighted by atomic mass is 10.0. The number of amides is 1. The van der Waals surface area contributed by atoms with Crippen LogP contribution in [0.25, 0.3) is 0 Å². The number of aryl methyl sites for hydroxylation is 2. The van der Waals surface area contributed by atoms with Crippen LogP contribution in [0.1, 0.15) is 66.5 Å². The van der Waals surface area contributed by atoms with Crippen LogP contribution in [0, 0.1) is 0 Å². The molecule has 0 aliphatic heterocycles. The Labute approximate surface area is 155 Å². The molecule has 0 saturated heterocycles. The maximum atomic E-state index is 10.7. The summed E-state index contributed by atoms with van der Waals surface area (Å²) in [5.41, 5.74) is 2.74. The first kappa shape index (κ1) is 22.9. The Morgan fingerprint density at radius 1 is 1.04 bits per heavy atom. The summed E-state index contributed by atoms with van der Waals surface area (Å²) in [5, 5.41) is 11.2. The molecular formula is C19H32BrNO3. The lowest BCUT2D eigenvalue weighted by Crippen LogP contribution is -2.31. The van der Waals surface area contributed by atoms with Gasteiger partial charge in [0.05, 0.1) is 16.9 Å². The highest BCUT2D eigenvalue weighted by Gasteiger charge is 2.20. The first-order chi connectivity index (χ1) is 10.8. The fraction of sp³-hybridized carbons (Fsp3) is 0.632. The molecule has 0 aromatic heterocycles. The maximum absolute atomic E-state index is 10.7. The molecule has 138 valence electrons. The largest absolute Gasteiger partial charge is 0.465 e. The summed E-state index contributed by atoms with van der Waals surface area (Å²) in [5.74, 6) is 0. The highest BCUT2D eigenvalue weighted by molar-refractivity contribution is 9.10. The second-order valence-electron chi connectivity index (χ2n) is 7.56. The Kier molecular flexibility index (Phi) is 9.00. The van der Waals surface area contributed by atoms with Gasteiger partial charge in [-0.1, -0.05) is 29.8 Å². The van der Waals surface area contributed by atoms with Crippen molar-refractivity contribution in [2.75, 3.05) is 5.32 Å². The van der Waals surface area contributed by atoms with Crippen molar-refractivity contribution >= 4 is 27.7 Å². The van der Waals surface area contributed by atoms with E-state index in [1.807, 2.05) is 26.0 Å². The highest BCUT2D eigenvalue weighted by Crippen LogP contribution is 2.27. The molecule has 0 bridgehead atoms. The van der Waals surface area contributed by atoms with E-state index in [0.29, 0.717) is 0 Å². The van der Waals surface area contributed by atoms with E-state index in [4.69, 9.17) is 9.84 Å². The van der Waals surface area contributed by atoms with E-state index in [-0.39, 0.29) is 11.2 Å². The predicted molar refractivity (Wildman–Crippen MR) is 105 cm³/mol. The van der Waals surface area contributed by atoms with Crippen LogP contribution in [-0.2, 0) is 17.6 Å². The third-order valence-electron chi connectivity index (χ3n) is 2.87. The van der Waals surface area contributed by atoms with E-state index in [2.05, 4.69) is 62.8 Å². The fourth-order valence-corrected chi connectivity index (χ4v) is 3.02. The summed E-state index contributed by atoms with van der Waals surface area (Å²) < 4.78 is 6.62. The molecule has 1 rings (SSSR count). The zero-order chi connectivity index (χ0) is 19.1. The number of halogens is 1. The SMILES string of the molecule is CC(C)(C)OC(C)(C)C.CCc1cc(Br)cc(CC)c1NC(=O)O. The number of benzene rings is 1. The van der Waals surface area contributed by atoms with Gasteiger partial charge in [-0.2, -0.15) is 0 Å². The lowest BCUT2D eigenvalue weighted by Gasteiger charge is -2.30. The number of carbonyl (C=O) groups is 1. The van der Waals surface area contributed by atoms with Crippen LogP contribution in [0.3, 0.4) is 0 Å². The zero-order valence-electron chi connectivity index (χ0n) is 16.2. The van der Waals surface area contributed by atoms with Gasteiger partial charge in [0.15, 0.2) is 0 Å². The van der Waals surface area contributed by atoms with E-state index in [9.17, 15) is 4.79 Å². The van der Waals surface area contributed by atoms with Crippen molar-refractivity contribution in [3.63, 3.8) is 0 Å². The molecule has 0 spiro atoms.